The first kappa shape index (κ1) is 15.8. The lowest BCUT2D eigenvalue weighted by Gasteiger charge is -2.02. The van der Waals surface area contributed by atoms with Crippen LogP contribution in [0.25, 0.3) is 11.3 Å². The molecular weight excluding hydrogens is 340 g/mol. The Labute approximate surface area is 148 Å². The highest BCUT2D eigenvalue weighted by Gasteiger charge is 2.20. The number of carbonyl (C=O) groups excluding carboxylic acids is 1. The molecule has 0 spiro atoms. The molecule has 0 bridgehead atoms. The molecule has 0 saturated carbocycles. The van der Waals surface area contributed by atoms with Crippen LogP contribution in [0, 0.1) is 6.92 Å². The van der Waals surface area contributed by atoms with Crippen LogP contribution in [-0.4, -0.2) is 27.4 Å². The molecule has 2 aromatic heterocycles. The Morgan fingerprint density at radius 3 is 3.04 bits per heavy atom. The lowest BCUT2D eigenvalue weighted by molar-refractivity contribution is -0.115. The van der Waals surface area contributed by atoms with Crippen molar-refractivity contribution in [2.45, 2.75) is 32.8 Å². The minimum absolute atomic E-state index is 0.118. The van der Waals surface area contributed by atoms with E-state index < -0.39 is 0 Å². The standard InChI is InChI=1S/C17H16N4O3S/c1-9-5-12-6-11(3-4-14(12)23-9)15-7-13(21-24-15)8-16(22)18-17-20-19-10(2)25-17/h3-4,6-7,9H,5,8H2,1-2H3,(H,18,20,22)/t9-/m1/s1. The molecule has 7 nitrogen and oxygen atoms in total. The molecule has 1 amide bonds. The first-order valence-corrected chi connectivity index (χ1v) is 8.74. The SMILES string of the molecule is Cc1nnc(NC(=O)Cc2cc(-c3ccc4c(c3)C[C@@H](C)O4)on2)s1. The van der Waals surface area contributed by atoms with E-state index in [0.717, 1.165) is 28.3 Å². The number of nitrogens with one attached hydrogen (secondary N) is 1. The molecule has 0 saturated heterocycles. The van der Waals surface area contributed by atoms with E-state index in [-0.39, 0.29) is 18.4 Å². The van der Waals surface area contributed by atoms with Crippen LogP contribution in [0.15, 0.2) is 28.8 Å². The van der Waals surface area contributed by atoms with Gasteiger partial charge in [0.25, 0.3) is 0 Å². The van der Waals surface area contributed by atoms with Gasteiger partial charge in [-0.15, -0.1) is 10.2 Å². The minimum atomic E-state index is -0.202. The first-order valence-electron chi connectivity index (χ1n) is 7.92. The molecule has 3 aromatic rings. The zero-order valence-electron chi connectivity index (χ0n) is 13.8. The van der Waals surface area contributed by atoms with Gasteiger partial charge in [-0.25, -0.2) is 0 Å². The molecular formula is C17H16N4O3S. The summed E-state index contributed by atoms with van der Waals surface area (Å²) in [6.07, 6.45) is 1.20. The first-order chi connectivity index (χ1) is 12.1. The van der Waals surface area contributed by atoms with Crippen molar-refractivity contribution in [3.63, 3.8) is 0 Å². The lowest BCUT2D eigenvalue weighted by atomic mass is 10.1. The summed E-state index contributed by atoms with van der Waals surface area (Å²) in [5.41, 5.74) is 2.65. The van der Waals surface area contributed by atoms with Crippen LogP contribution in [0.3, 0.4) is 0 Å². The van der Waals surface area contributed by atoms with Crippen LogP contribution in [0.5, 0.6) is 5.75 Å². The molecule has 8 heteroatoms. The summed E-state index contributed by atoms with van der Waals surface area (Å²) in [4.78, 5) is 12.1. The van der Waals surface area contributed by atoms with E-state index in [9.17, 15) is 4.79 Å². The van der Waals surface area contributed by atoms with Crippen LogP contribution in [0.2, 0.25) is 0 Å². The molecule has 128 valence electrons. The van der Waals surface area contributed by atoms with E-state index in [2.05, 4.69) is 20.7 Å². The Balaban J connectivity index is 1.45. The summed E-state index contributed by atoms with van der Waals surface area (Å²) in [5.74, 6) is 1.35. The topological polar surface area (TPSA) is 90.1 Å². The molecule has 25 heavy (non-hydrogen) atoms. The Hall–Kier alpha value is -2.74. The number of hydrogen-bond donors (Lipinski definition) is 1. The third kappa shape index (κ3) is 3.39. The normalized spacial score (nSPS) is 15.7. The van der Waals surface area contributed by atoms with Crippen LogP contribution in [0.1, 0.15) is 23.2 Å². The molecule has 1 atom stereocenters. The fourth-order valence-corrected chi connectivity index (χ4v) is 3.39. The van der Waals surface area contributed by atoms with E-state index in [1.54, 1.807) is 6.07 Å². The van der Waals surface area contributed by atoms with Gasteiger partial charge in [0, 0.05) is 18.1 Å². The molecule has 4 rings (SSSR count). The summed E-state index contributed by atoms with van der Waals surface area (Å²) in [7, 11) is 0. The highest BCUT2D eigenvalue weighted by atomic mass is 32.1. The second-order valence-corrected chi connectivity index (χ2v) is 7.17. The van der Waals surface area contributed by atoms with Gasteiger partial charge in [0.05, 0.1) is 12.1 Å². The monoisotopic (exact) mass is 356 g/mol. The predicted octanol–water partition coefficient (Wildman–Crippen LogP) is 3.01. The molecule has 3 heterocycles. The molecule has 1 aromatic carbocycles. The van der Waals surface area contributed by atoms with Crippen LogP contribution in [-0.2, 0) is 17.6 Å². The largest absolute Gasteiger partial charge is 0.490 e. The van der Waals surface area contributed by atoms with E-state index in [1.807, 2.05) is 32.0 Å². The van der Waals surface area contributed by atoms with Gasteiger partial charge >= 0.3 is 0 Å². The Kier molecular flexibility index (Phi) is 3.96. The molecule has 0 unspecified atom stereocenters. The highest BCUT2D eigenvalue weighted by Crippen LogP contribution is 2.33. The van der Waals surface area contributed by atoms with E-state index >= 15 is 0 Å². The van der Waals surface area contributed by atoms with Crippen molar-refractivity contribution in [2.24, 2.45) is 0 Å². The second-order valence-electron chi connectivity index (χ2n) is 5.99. The van der Waals surface area contributed by atoms with Gasteiger partial charge in [0.2, 0.25) is 11.0 Å². The number of anilines is 1. The van der Waals surface area contributed by atoms with E-state index in [4.69, 9.17) is 9.26 Å². The minimum Gasteiger partial charge on any atom is -0.490 e. The molecule has 0 aliphatic carbocycles. The number of ether oxygens (including phenoxy) is 1. The Morgan fingerprint density at radius 2 is 2.24 bits per heavy atom. The van der Waals surface area contributed by atoms with Crippen molar-refractivity contribution in [1.82, 2.24) is 15.4 Å². The molecule has 1 N–H and O–H groups in total. The van der Waals surface area contributed by atoms with Gasteiger partial charge in [-0.05, 0) is 37.6 Å². The number of aryl methyl sites for hydroxylation is 1. The van der Waals surface area contributed by atoms with Gasteiger partial charge < -0.3 is 14.6 Å². The van der Waals surface area contributed by atoms with Gasteiger partial charge in [-0.3, -0.25) is 4.79 Å². The number of nitrogens with zero attached hydrogens (tertiary/aromatic N) is 3. The molecule has 1 aliphatic rings. The summed E-state index contributed by atoms with van der Waals surface area (Å²) in [5, 5.41) is 15.7. The van der Waals surface area contributed by atoms with E-state index in [0.29, 0.717) is 16.6 Å². The number of fused-ring (bicyclic) bond motifs is 1. The third-order valence-corrected chi connectivity index (χ3v) is 4.61. The van der Waals surface area contributed by atoms with Crippen molar-refractivity contribution >= 4 is 22.4 Å². The zero-order valence-corrected chi connectivity index (χ0v) is 14.6. The summed E-state index contributed by atoms with van der Waals surface area (Å²) in [6, 6.07) is 7.71. The maximum absolute atomic E-state index is 12.1. The van der Waals surface area contributed by atoms with Crippen molar-refractivity contribution in [3.05, 3.63) is 40.5 Å². The number of aromatic nitrogens is 3. The number of benzene rings is 1. The van der Waals surface area contributed by atoms with Gasteiger partial charge in [0.15, 0.2) is 5.76 Å². The van der Waals surface area contributed by atoms with Crippen molar-refractivity contribution in [1.29, 1.82) is 0 Å². The molecule has 0 fully saturated rings. The molecule has 1 aliphatic heterocycles. The maximum atomic E-state index is 12.1. The van der Waals surface area contributed by atoms with Crippen LogP contribution < -0.4 is 10.1 Å². The Bertz CT molecular complexity index is 934. The fraction of sp³-hybridized carbons (Fsp3) is 0.294. The average molecular weight is 356 g/mol. The van der Waals surface area contributed by atoms with Crippen molar-refractivity contribution in [2.75, 3.05) is 5.32 Å². The average Bonchev–Trinajstić information content (AvgIpc) is 3.26. The van der Waals surface area contributed by atoms with Gasteiger partial charge in [-0.1, -0.05) is 16.5 Å². The molecule has 0 radical (unpaired) electrons. The smallest absolute Gasteiger partial charge is 0.232 e. The predicted molar refractivity (Wildman–Crippen MR) is 92.7 cm³/mol. The van der Waals surface area contributed by atoms with Gasteiger partial charge in [-0.2, -0.15) is 0 Å². The second kappa shape index (κ2) is 6.29. The highest BCUT2D eigenvalue weighted by molar-refractivity contribution is 7.15. The number of hydrogen-bond acceptors (Lipinski definition) is 7. The maximum Gasteiger partial charge on any atom is 0.232 e. The van der Waals surface area contributed by atoms with Crippen LogP contribution in [0.4, 0.5) is 5.13 Å². The summed E-state index contributed by atoms with van der Waals surface area (Å²) in [6.45, 7) is 3.88. The zero-order chi connectivity index (χ0) is 17.4. The Morgan fingerprint density at radius 1 is 1.36 bits per heavy atom. The number of carbonyl (C=O) groups is 1. The van der Waals surface area contributed by atoms with E-state index in [1.165, 1.54) is 11.3 Å². The lowest BCUT2D eigenvalue weighted by Crippen LogP contribution is -2.14. The summed E-state index contributed by atoms with van der Waals surface area (Å²) >= 11 is 1.33. The summed E-state index contributed by atoms with van der Waals surface area (Å²) < 4.78 is 11.1. The quantitative estimate of drug-likeness (QED) is 0.773. The fourth-order valence-electron chi connectivity index (χ4n) is 2.78. The van der Waals surface area contributed by atoms with Gasteiger partial charge in [0.1, 0.15) is 16.9 Å². The number of amides is 1. The number of rotatable bonds is 4. The third-order valence-electron chi connectivity index (χ3n) is 3.85. The van der Waals surface area contributed by atoms with Crippen LogP contribution >= 0.6 is 11.3 Å². The van der Waals surface area contributed by atoms with Crippen molar-refractivity contribution in [3.8, 4) is 17.1 Å². The van der Waals surface area contributed by atoms with Crippen molar-refractivity contribution < 1.29 is 14.1 Å².